The zero-order chi connectivity index (χ0) is 10.0. The zero-order valence-corrected chi connectivity index (χ0v) is 8.75. The van der Waals surface area contributed by atoms with Gasteiger partial charge in [0.25, 0.3) is 0 Å². The number of nitrogens with zero attached hydrogens (tertiary/aromatic N) is 2. The summed E-state index contributed by atoms with van der Waals surface area (Å²) in [5.41, 5.74) is 0. The molecule has 0 aromatic rings. The van der Waals surface area contributed by atoms with E-state index in [0.29, 0.717) is 5.92 Å². The minimum absolute atomic E-state index is 0.174. The monoisotopic (exact) mass is 184 g/mol. The van der Waals surface area contributed by atoms with Gasteiger partial charge in [-0.25, -0.2) is 0 Å². The van der Waals surface area contributed by atoms with Crippen molar-refractivity contribution >= 4 is 0 Å². The summed E-state index contributed by atoms with van der Waals surface area (Å²) in [6.45, 7) is 4.31. The fourth-order valence-corrected chi connectivity index (χ4v) is 2.16. The largest absolute Gasteiger partial charge is 0.596 e. The van der Waals surface area contributed by atoms with Gasteiger partial charge in [-0.15, -0.1) is 0 Å². The number of nitrogens with one attached hydrogen (secondary N) is 2. The van der Waals surface area contributed by atoms with E-state index < -0.39 is 0 Å². The van der Waals surface area contributed by atoms with E-state index >= 15 is 0 Å². The number of rotatable bonds is 3. The van der Waals surface area contributed by atoms with Gasteiger partial charge in [-0.1, -0.05) is 13.3 Å². The summed E-state index contributed by atoms with van der Waals surface area (Å²) in [4.78, 5) is 0. The quantitative estimate of drug-likeness (QED) is 0.633. The molecule has 1 rings (SSSR count). The Morgan fingerprint density at radius 1 is 1.31 bits per heavy atom. The molecular weight excluding hydrogens is 164 g/mol. The molecule has 4 heteroatoms. The van der Waals surface area contributed by atoms with E-state index in [0.717, 1.165) is 11.0 Å². The third kappa shape index (κ3) is 2.64. The molecule has 0 radical (unpaired) electrons. The first kappa shape index (κ1) is 10.9. The molecule has 3 atom stereocenters. The molecule has 0 bridgehead atoms. The third-order valence-electron chi connectivity index (χ3n) is 3.13. The van der Waals surface area contributed by atoms with Gasteiger partial charge < -0.3 is 21.9 Å². The average Bonchev–Trinajstić information content (AvgIpc) is 2.49. The summed E-state index contributed by atoms with van der Waals surface area (Å²) in [5, 5.41) is 2.37. The Hall–Kier alpha value is -0.160. The van der Waals surface area contributed by atoms with Crippen LogP contribution in [0.5, 0.6) is 0 Å². The highest BCUT2D eigenvalue weighted by Gasteiger charge is 2.26. The van der Waals surface area contributed by atoms with Gasteiger partial charge in [-0.2, -0.15) is 0 Å². The maximum absolute atomic E-state index is 7.64. The zero-order valence-electron chi connectivity index (χ0n) is 8.75. The minimum Gasteiger partial charge on any atom is -0.596 e. The normalized spacial score (nSPS) is 31.6. The molecule has 0 aromatic carbocycles. The third-order valence-corrected chi connectivity index (χ3v) is 3.13. The molecule has 78 valence electrons. The second kappa shape index (κ2) is 4.37. The fourth-order valence-electron chi connectivity index (χ4n) is 2.16. The summed E-state index contributed by atoms with van der Waals surface area (Å²) < 4.78 is 0. The first-order chi connectivity index (χ1) is 6.02. The van der Waals surface area contributed by atoms with Crippen LogP contribution < -0.4 is 0 Å². The molecule has 2 N–H and O–H groups in total. The number of hydrazine groups is 1. The van der Waals surface area contributed by atoms with Gasteiger partial charge in [0.1, 0.15) is 0 Å². The summed E-state index contributed by atoms with van der Waals surface area (Å²) >= 11 is 0. The van der Waals surface area contributed by atoms with E-state index in [9.17, 15) is 0 Å². The van der Waals surface area contributed by atoms with Crippen molar-refractivity contribution in [1.82, 2.24) is 10.2 Å². The molecule has 1 fully saturated rings. The highest BCUT2D eigenvalue weighted by atomic mass is 15.8. The fraction of sp³-hybridized carbons (Fsp3) is 1.00. The number of hydrogen-bond acceptors (Lipinski definition) is 2. The van der Waals surface area contributed by atoms with Crippen LogP contribution in [0.15, 0.2) is 0 Å². The van der Waals surface area contributed by atoms with Crippen LogP contribution in [-0.2, 0) is 0 Å². The molecule has 0 aromatic heterocycles. The van der Waals surface area contributed by atoms with Crippen LogP contribution in [0, 0.1) is 11.8 Å². The number of hydrogen-bond donors (Lipinski definition) is 0. The Balaban J connectivity index is 2.43. The van der Waals surface area contributed by atoms with Crippen molar-refractivity contribution in [2.45, 2.75) is 39.2 Å². The molecule has 0 aliphatic heterocycles. The lowest BCUT2D eigenvalue weighted by Crippen LogP contribution is -2.39. The Labute approximate surface area is 80.8 Å². The van der Waals surface area contributed by atoms with Gasteiger partial charge >= 0.3 is 0 Å². The molecule has 1 aliphatic carbocycles. The highest BCUT2D eigenvalue weighted by molar-refractivity contribution is 4.81. The van der Waals surface area contributed by atoms with E-state index in [1.807, 2.05) is 6.92 Å². The van der Waals surface area contributed by atoms with Gasteiger partial charge in [0.05, 0.1) is 0 Å². The molecule has 1 saturated carbocycles. The molecule has 0 heterocycles. The lowest BCUT2D eigenvalue weighted by molar-refractivity contribution is 0.0365. The standard InChI is InChI=1S/C9H20N4/c1-7-4-5-9(6-7)8(2)13(11)12(3)10/h7-11H,4-6H2,1-3H3/q-2. The van der Waals surface area contributed by atoms with Crippen molar-refractivity contribution in [2.75, 3.05) is 7.05 Å². The summed E-state index contributed by atoms with van der Waals surface area (Å²) in [6, 6.07) is 0.174. The summed E-state index contributed by atoms with van der Waals surface area (Å²) in [5.74, 6) is 16.3. The van der Waals surface area contributed by atoms with Crippen LogP contribution in [0.25, 0.3) is 11.7 Å². The lowest BCUT2D eigenvalue weighted by atomic mass is 9.99. The predicted molar refractivity (Wildman–Crippen MR) is 54.2 cm³/mol. The first-order valence-electron chi connectivity index (χ1n) is 4.97. The van der Waals surface area contributed by atoms with E-state index in [4.69, 9.17) is 11.7 Å². The van der Waals surface area contributed by atoms with Crippen molar-refractivity contribution in [3.05, 3.63) is 11.7 Å². The topological polar surface area (TPSA) is 54.1 Å². The van der Waals surface area contributed by atoms with Gasteiger partial charge in [0, 0.05) is 6.04 Å². The molecule has 0 amide bonds. The van der Waals surface area contributed by atoms with Crippen molar-refractivity contribution in [3.8, 4) is 0 Å². The van der Waals surface area contributed by atoms with Crippen molar-refractivity contribution in [1.29, 1.82) is 0 Å². The Morgan fingerprint density at radius 3 is 2.31 bits per heavy atom. The summed E-state index contributed by atoms with van der Waals surface area (Å²) in [6.07, 6.45) is 3.71. The molecule has 0 spiro atoms. The van der Waals surface area contributed by atoms with E-state index in [2.05, 4.69) is 6.92 Å². The molecule has 1 aliphatic rings. The van der Waals surface area contributed by atoms with Crippen LogP contribution in [0.2, 0.25) is 0 Å². The van der Waals surface area contributed by atoms with E-state index in [-0.39, 0.29) is 6.04 Å². The average molecular weight is 184 g/mol. The van der Waals surface area contributed by atoms with Crippen LogP contribution in [0.4, 0.5) is 0 Å². The Morgan fingerprint density at radius 2 is 1.92 bits per heavy atom. The second-order valence-electron chi connectivity index (χ2n) is 4.29. The second-order valence-corrected chi connectivity index (χ2v) is 4.29. The Kier molecular flexibility index (Phi) is 3.67. The maximum atomic E-state index is 7.64. The van der Waals surface area contributed by atoms with E-state index in [1.165, 1.54) is 24.4 Å². The molecule has 13 heavy (non-hydrogen) atoms. The summed E-state index contributed by atoms with van der Waals surface area (Å²) in [7, 11) is 1.60. The molecule has 0 saturated heterocycles. The minimum atomic E-state index is 0.174. The van der Waals surface area contributed by atoms with Crippen LogP contribution in [0.1, 0.15) is 33.1 Å². The van der Waals surface area contributed by atoms with Crippen LogP contribution in [-0.4, -0.2) is 23.3 Å². The van der Waals surface area contributed by atoms with E-state index in [1.54, 1.807) is 7.05 Å². The molecular formula is C9H20N4-2. The van der Waals surface area contributed by atoms with Crippen molar-refractivity contribution in [3.63, 3.8) is 0 Å². The lowest BCUT2D eigenvalue weighted by Gasteiger charge is -2.47. The van der Waals surface area contributed by atoms with Gasteiger partial charge in [0.2, 0.25) is 0 Å². The van der Waals surface area contributed by atoms with Gasteiger partial charge in [0.15, 0.2) is 0 Å². The molecule has 3 unspecified atom stereocenters. The van der Waals surface area contributed by atoms with Crippen LogP contribution in [0.3, 0.4) is 0 Å². The predicted octanol–water partition coefficient (Wildman–Crippen LogP) is 2.89. The van der Waals surface area contributed by atoms with Crippen LogP contribution >= 0.6 is 0 Å². The smallest absolute Gasteiger partial charge is 0.00328 e. The SMILES string of the molecule is CC1CCC(C(C)N([NH-])N(C)[NH-])C1. The Bertz CT molecular complexity index is 160. The molecule has 4 nitrogen and oxygen atoms in total. The van der Waals surface area contributed by atoms with Gasteiger partial charge in [-0.05, 0) is 38.6 Å². The first-order valence-corrected chi connectivity index (χ1v) is 4.97. The highest BCUT2D eigenvalue weighted by Crippen LogP contribution is 2.34. The maximum Gasteiger partial charge on any atom is 0.00328 e. The van der Waals surface area contributed by atoms with Gasteiger partial charge in [-0.3, -0.25) is 0 Å². The van der Waals surface area contributed by atoms with Crippen molar-refractivity contribution < 1.29 is 0 Å². The van der Waals surface area contributed by atoms with Crippen molar-refractivity contribution in [2.24, 2.45) is 11.8 Å².